The quantitative estimate of drug-likeness (QED) is 0.889. The zero-order valence-electron chi connectivity index (χ0n) is 11.2. The molecule has 0 radical (unpaired) electrons. The third-order valence-electron chi connectivity index (χ3n) is 4.02. The van der Waals surface area contributed by atoms with Gasteiger partial charge < -0.3 is 10.1 Å². The molecule has 0 saturated heterocycles. The number of aryl methyl sites for hydroxylation is 1. The molecule has 2 aliphatic rings. The minimum atomic E-state index is 0.137. The monoisotopic (exact) mass is 266 g/mol. The van der Waals surface area contributed by atoms with Crippen LogP contribution >= 0.6 is 11.3 Å². The lowest BCUT2D eigenvalue weighted by molar-refractivity contribution is 0.119. The van der Waals surface area contributed by atoms with Crippen LogP contribution in [-0.2, 0) is 11.2 Å². The molecule has 0 spiro atoms. The lowest BCUT2D eigenvalue weighted by Crippen LogP contribution is -2.25. The Morgan fingerprint density at radius 3 is 3.00 bits per heavy atom. The Kier molecular flexibility index (Phi) is 3.68. The van der Waals surface area contributed by atoms with Crippen molar-refractivity contribution in [3.8, 4) is 0 Å². The van der Waals surface area contributed by atoms with Gasteiger partial charge in [0.15, 0.2) is 0 Å². The van der Waals surface area contributed by atoms with Crippen LogP contribution in [0.15, 0.2) is 0 Å². The Hall–Kier alpha value is -0.450. The van der Waals surface area contributed by atoms with Crippen molar-refractivity contribution in [2.75, 3.05) is 13.7 Å². The van der Waals surface area contributed by atoms with Gasteiger partial charge in [-0.05, 0) is 39.0 Å². The van der Waals surface area contributed by atoms with E-state index in [-0.39, 0.29) is 6.10 Å². The smallest absolute Gasteiger partial charge is 0.122 e. The van der Waals surface area contributed by atoms with Gasteiger partial charge in [-0.3, -0.25) is 0 Å². The van der Waals surface area contributed by atoms with E-state index >= 15 is 0 Å². The molecule has 4 heteroatoms. The van der Waals surface area contributed by atoms with Crippen molar-refractivity contribution in [3.63, 3.8) is 0 Å². The molecule has 2 unspecified atom stereocenters. The minimum Gasteiger partial charge on any atom is -0.375 e. The highest BCUT2D eigenvalue weighted by Gasteiger charge is 2.28. The first-order chi connectivity index (χ1) is 8.78. The normalized spacial score (nSPS) is 24.9. The van der Waals surface area contributed by atoms with E-state index in [9.17, 15) is 0 Å². The Bertz CT molecular complexity index is 414. The molecule has 3 nitrogen and oxygen atoms in total. The van der Waals surface area contributed by atoms with Crippen molar-refractivity contribution in [1.82, 2.24) is 10.3 Å². The standard InChI is InChI=1S/C14H22N2OS/c1-9(17-2)14-16-13-10(8-15-11-6-7-11)4-3-5-12(13)18-14/h9-11,15H,3-8H2,1-2H3. The number of fused-ring (bicyclic) bond motifs is 1. The highest BCUT2D eigenvalue weighted by atomic mass is 32.1. The van der Waals surface area contributed by atoms with Gasteiger partial charge in [0.1, 0.15) is 11.1 Å². The molecule has 2 aliphatic carbocycles. The summed E-state index contributed by atoms with van der Waals surface area (Å²) in [5.41, 5.74) is 1.36. The van der Waals surface area contributed by atoms with Gasteiger partial charge in [0.2, 0.25) is 0 Å². The van der Waals surface area contributed by atoms with Crippen LogP contribution in [0.25, 0.3) is 0 Å². The van der Waals surface area contributed by atoms with Gasteiger partial charge in [0.05, 0.1) is 5.69 Å². The highest BCUT2D eigenvalue weighted by Crippen LogP contribution is 2.37. The number of ether oxygens (including phenoxy) is 1. The number of hydrogen-bond donors (Lipinski definition) is 1. The van der Waals surface area contributed by atoms with E-state index in [4.69, 9.17) is 9.72 Å². The molecule has 0 bridgehead atoms. The molecular weight excluding hydrogens is 244 g/mol. The van der Waals surface area contributed by atoms with E-state index in [1.54, 1.807) is 7.11 Å². The summed E-state index contributed by atoms with van der Waals surface area (Å²) >= 11 is 1.86. The largest absolute Gasteiger partial charge is 0.375 e. The molecule has 1 saturated carbocycles. The van der Waals surface area contributed by atoms with Gasteiger partial charge in [0, 0.05) is 30.5 Å². The second-order valence-electron chi connectivity index (χ2n) is 5.51. The van der Waals surface area contributed by atoms with Crippen LogP contribution in [0.2, 0.25) is 0 Å². The molecule has 1 N–H and O–H groups in total. The van der Waals surface area contributed by atoms with Gasteiger partial charge in [-0.2, -0.15) is 0 Å². The second-order valence-corrected chi connectivity index (χ2v) is 6.63. The maximum Gasteiger partial charge on any atom is 0.122 e. The summed E-state index contributed by atoms with van der Waals surface area (Å²) in [5, 5.41) is 4.81. The summed E-state index contributed by atoms with van der Waals surface area (Å²) in [6.45, 7) is 3.20. The summed E-state index contributed by atoms with van der Waals surface area (Å²) in [4.78, 5) is 6.36. The highest BCUT2D eigenvalue weighted by molar-refractivity contribution is 7.11. The Morgan fingerprint density at radius 1 is 1.44 bits per heavy atom. The number of aromatic nitrogens is 1. The van der Waals surface area contributed by atoms with Crippen molar-refractivity contribution in [2.45, 2.75) is 57.1 Å². The van der Waals surface area contributed by atoms with E-state index in [1.165, 1.54) is 42.7 Å². The molecular formula is C14H22N2OS. The van der Waals surface area contributed by atoms with E-state index in [1.807, 2.05) is 11.3 Å². The summed E-state index contributed by atoms with van der Waals surface area (Å²) in [5.74, 6) is 0.628. The summed E-state index contributed by atoms with van der Waals surface area (Å²) in [7, 11) is 1.76. The molecule has 18 heavy (non-hydrogen) atoms. The van der Waals surface area contributed by atoms with Gasteiger partial charge in [-0.25, -0.2) is 4.98 Å². The molecule has 1 aromatic heterocycles. The summed E-state index contributed by atoms with van der Waals surface area (Å²) in [6, 6.07) is 0.798. The van der Waals surface area contributed by atoms with Gasteiger partial charge in [-0.1, -0.05) is 0 Å². The SMILES string of the molecule is COC(C)c1nc2c(s1)CCCC2CNC1CC1. The molecule has 0 aromatic carbocycles. The van der Waals surface area contributed by atoms with E-state index in [2.05, 4.69) is 12.2 Å². The van der Waals surface area contributed by atoms with Crippen LogP contribution in [0.1, 0.15) is 60.2 Å². The number of nitrogens with zero attached hydrogens (tertiary/aromatic N) is 1. The molecule has 3 rings (SSSR count). The molecule has 100 valence electrons. The fourth-order valence-electron chi connectivity index (χ4n) is 2.60. The van der Waals surface area contributed by atoms with Crippen LogP contribution < -0.4 is 5.32 Å². The lowest BCUT2D eigenvalue weighted by atomic mass is 9.91. The Balaban J connectivity index is 1.73. The molecule has 1 fully saturated rings. The average Bonchev–Trinajstić information content (AvgIpc) is 3.12. The van der Waals surface area contributed by atoms with Gasteiger partial charge >= 0.3 is 0 Å². The van der Waals surface area contributed by atoms with E-state index in [0.717, 1.165) is 17.6 Å². The first-order valence-electron chi connectivity index (χ1n) is 7.03. The van der Waals surface area contributed by atoms with Crippen molar-refractivity contribution in [3.05, 3.63) is 15.6 Å². The summed E-state index contributed by atoms with van der Waals surface area (Å²) < 4.78 is 5.39. The van der Waals surface area contributed by atoms with E-state index < -0.39 is 0 Å². The van der Waals surface area contributed by atoms with Crippen molar-refractivity contribution < 1.29 is 4.74 Å². The number of thiazole rings is 1. The predicted octanol–water partition coefficient (Wildman–Crippen LogP) is 3.02. The maximum absolute atomic E-state index is 5.39. The number of methoxy groups -OCH3 is 1. The van der Waals surface area contributed by atoms with Gasteiger partial charge in [-0.15, -0.1) is 11.3 Å². The first-order valence-corrected chi connectivity index (χ1v) is 7.85. The van der Waals surface area contributed by atoms with Crippen molar-refractivity contribution >= 4 is 11.3 Å². The molecule has 0 aliphatic heterocycles. The third-order valence-corrected chi connectivity index (χ3v) is 5.31. The lowest BCUT2D eigenvalue weighted by Gasteiger charge is -2.21. The predicted molar refractivity (Wildman–Crippen MR) is 74.2 cm³/mol. The van der Waals surface area contributed by atoms with Crippen molar-refractivity contribution in [2.24, 2.45) is 0 Å². The van der Waals surface area contributed by atoms with Crippen molar-refractivity contribution in [1.29, 1.82) is 0 Å². The van der Waals surface area contributed by atoms with Crippen LogP contribution in [0.3, 0.4) is 0 Å². The van der Waals surface area contributed by atoms with Crippen LogP contribution in [0, 0.1) is 0 Å². The zero-order valence-corrected chi connectivity index (χ0v) is 12.1. The molecule has 0 amide bonds. The summed E-state index contributed by atoms with van der Waals surface area (Å²) in [6.07, 6.45) is 6.68. The van der Waals surface area contributed by atoms with Crippen LogP contribution in [0.4, 0.5) is 0 Å². The number of nitrogens with one attached hydrogen (secondary N) is 1. The van der Waals surface area contributed by atoms with Gasteiger partial charge in [0.25, 0.3) is 0 Å². The Labute approximate surface area is 113 Å². The van der Waals surface area contributed by atoms with Crippen LogP contribution in [0.5, 0.6) is 0 Å². The number of hydrogen-bond acceptors (Lipinski definition) is 4. The molecule has 2 atom stereocenters. The van der Waals surface area contributed by atoms with Crippen LogP contribution in [-0.4, -0.2) is 24.7 Å². The molecule has 1 aromatic rings. The minimum absolute atomic E-state index is 0.137. The topological polar surface area (TPSA) is 34.1 Å². The number of rotatable bonds is 5. The zero-order chi connectivity index (χ0) is 12.5. The first kappa shape index (κ1) is 12.6. The fraction of sp³-hybridized carbons (Fsp3) is 0.786. The second kappa shape index (κ2) is 5.27. The van der Waals surface area contributed by atoms with E-state index in [0.29, 0.717) is 5.92 Å². The average molecular weight is 266 g/mol. The Morgan fingerprint density at radius 2 is 2.28 bits per heavy atom. The molecule has 1 heterocycles. The fourth-order valence-corrected chi connectivity index (χ4v) is 3.82. The maximum atomic E-state index is 5.39. The third kappa shape index (κ3) is 2.60.